The molecular formula is C42H38ClF10N7O6S2. The molecule has 68 heavy (non-hydrogen) atoms. The summed E-state index contributed by atoms with van der Waals surface area (Å²) in [7, 11) is -1.55. The predicted octanol–water partition coefficient (Wildman–Crippen LogP) is 8.84. The van der Waals surface area contributed by atoms with Crippen molar-refractivity contribution in [2.75, 3.05) is 23.4 Å². The van der Waals surface area contributed by atoms with Gasteiger partial charge in [-0.1, -0.05) is 23.6 Å². The fraction of sp³-hybridized carbons (Fsp3) is 0.381. The molecule has 2 aromatic carbocycles. The van der Waals surface area contributed by atoms with Crippen LogP contribution in [0.5, 0.6) is 0 Å². The number of ether oxygens (including phenoxy) is 1. The van der Waals surface area contributed by atoms with Crippen LogP contribution in [0.15, 0.2) is 58.7 Å². The Labute approximate surface area is 392 Å². The first-order chi connectivity index (χ1) is 31.4. The van der Waals surface area contributed by atoms with E-state index in [-0.39, 0.29) is 38.5 Å². The number of pyridine rings is 1. The van der Waals surface area contributed by atoms with Crippen LogP contribution >= 0.6 is 23.5 Å². The van der Waals surface area contributed by atoms with Crippen molar-refractivity contribution in [2.24, 2.45) is 10.7 Å². The summed E-state index contributed by atoms with van der Waals surface area (Å²) in [6.07, 6.45) is -13.3. The van der Waals surface area contributed by atoms with E-state index < -0.39 is 136 Å². The number of carbonyl (C=O) groups excluding carboxylic acids is 2. The van der Waals surface area contributed by atoms with Crippen LogP contribution in [0.3, 0.4) is 0 Å². The summed E-state index contributed by atoms with van der Waals surface area (Å²) < 4.78 is 160. The molecule has 366 valence electrons. The minimum atomic E-state index is -5.24. The summed E-state index contributed by atoms with van der Waals surface area (Å²) in [5.41, 5.74) is -0.562. The smallest absolute Gasteiger partial charge is 0.431 e. The molecule has 1 fully saturated rings. The number of carboxylic acids is 1. The second-order valence-electron chi connectivity index (χ2n) is 15.5. The van der Waals surface area contributed by atoms with Gasteiger partial charge in [0.1, 0.15) is 46.6 Å². The topological polar surface area (TPSA) is 182 Å². The summed E-state index contributed by atoms with van der Waals surface area (Å²) in [6, 6.07) is 5.51. The average molecular weight is 1030 g/mol. The first-order valence-electron chi connectivity index (χ1n) is 19.6. The van der Waals surface area contributed by atoms with Gasteiger partial charge >= 0.3 is 24.4 Å². The van der Waals surface area contributed by atoms with E-state index in [0.717, 1.165) is 19.1 Å². The molecule has 3 atom stereocenters. The Morgan fingerprint density at radius 3 is 2.29 bits per heavy atom. The molecular weight excluding hydrogens is 988 g/mol. The molecule has 0 saturated heterocycles. The van der Waals surface area contributed by atoms with Crippen LogP contribution in [0.4, 0.5) is 54.5 Å². The number of amides is 2. The largest absolute Gasteiger partial charge is 0.479 e. The molecule has 0 radical (unpaired) electrons. The molecule has 1 saturated carbocycles. The zero-order valence-corrected chi connectivity index (χ0v) is 38.4. The molecule has 2 amide bonds. The molecule has 1 aliphatic rings. The number of carboxylic acid groups (broad SMARTS) is 1. The minimum Gasteiger partial charge on any atom is -0.479 e. The number of fused-ring (bicyclic) bond motifs is 1. The van der Waals surface area contributed by atoms with Gasteiger partial charge in [0.15, 0.2) is 11.9 Å². The SMILES string of the molecule is CSN(C(=O)OC(C)C(=O)O)c1nn(CC(F)(F)F)c2c(-c3ccc(C#CC(C)(C)S(C)=O)nc3C(Cc3cc(F)cc(F)c3)NC(=O)CN=C3C(=C(N)C(F)(F)F)CCC3(F)F)ccc(Cl)c12. The van der Waals surface area contributed by atoms with Crippen LogP contribution in [0.25, 0.3) is 22.0 Å². The average Bonchev–Trinajstić information content (AvgIpc) is 3.73. The number of nitrogens with zero attached hydrogens (tertiary/aromatic N) is 5. The van der Waals surface area contributed by atoms with E-state index in [1.807, 2.05) is 0 Å². The van der Waals surface area contributed by atoms with E-state index in [1.54, 1.807) is 0 Å². The van der Waals surface area contributed by atoms with E-state index in [9.17, 15) is 67.6 Å². The quantitative estimate of drug-likeness (QED) is 0.0665. The molecule has 13 nitrogen and oxygen atoms in total. The number of allylic oxidation sites excluding steroid dienone is 2. The van der Waals surface area contributed by atoms with E-state index in [2.05, 4.69) is 32.2 Å². The number of aromatic nitrogens is 3. The van der Waals surface area contributed by atoms with Gasteiger partial charge in [-0.05, 0) is 87.4 Å². The maximum Gasteiger partial charge on any atom is 0.431 e. The number of nitrogens with one attached hydrogen (secondary N) is 1. The molecule has 0 bridgehead atoms. The lowest BCUT2D eigenvalue weighted by molar-refractivity contribution is -0.145. The van der Waals surface area contributed by atoms with E-state index >= 15 is 0 Å². The number of rotatable bonds is 13. The van der Waals surface area contributed by atoms with E-state index in [1.165, 1.54) is 50.6 Å². The number of benzene rings is 2. The number of anilines is 1. The molecule has 1 aliphatic carbocycles. The third-order valence-electron chi connectivity index (χ3n) is 10.1. The van der Waals surface area contributed by atoms with Crippen molar-refractivity contribution in [3.8, 4) is 23.0 Å². The molecule has 2 heterocycles. The van der Waals surface area contributed by atoms with Crippen molar-refractivity contribution in [3.63, 3.8) is 0 Å². The second kappa shape index (κ2) is 20.4. The lowest BCUT2D eigenvalue weighted by Crippen LogP contribution is -2.34. The van der Waals surface area contributed by atoms with Crippen LogP contribution in [0, 0.1) is 23.5 Å². The van der Waals surface area contributed by atoms with Gasteiger partial charge in [0.2, 0.25) is 5.91 Å². The predicted molar refractivity (Wildman–Crippen MR) is 233 cm³/mol. The molecule has 3 unspecified atom stereocenters. The number of hydrogen-bond acceptors (Lipinski definition) is 10. The van der Waals surface area contributed by atoms with Crippen molar-refractivity contribution in [3.05, 3.63) is 87.3 Å². The standard InChI is InChI=1S/C42H38ClF10N7O6S2/c1-20(37(62)63)66-38(64)60(67-4)36-31-28(43)9-8-26(33(31)59(58-36)19-41(48,49)50)25-7-6-24(10-12-39(2,3)68(5)65)56-32(25)29(16-21-14-22(44)17-23(45)15-21)57-30(61)18-55-35-27(11-13-40(35,46)47)34(54)42(51,52)53/h6-9,14-15,17,20,29H,11,13,16,18-19,54H2,1-5H3,(H,57,61)(H,62,63). The van der Waals surface area contributed by atoms with Gasteiger partial charge in [-0.2, -0.15) is 44.5 Å². The maximum atomic E-state index is 15.0. The first kappa shape index (κ1) is 53.1. The first-order valence-corrected chi connectivity index (χ1v) is 22.7. The summed E-state index contributed by atoms with van der Waals surface area (Å²) in [4.78, 5) is 46.7. The van der Waals surface area contributed by atoms with Crippen LogP contribution in [0.2, 0.25) is 5.02 Å². The maximum absolute atomic E-state index is 15.0. The van der Waals surface area contributed by atoms with Gasteiger partial charge in [-0.15, -0.1) is 0 Å². The molecule has 4 N–H and O–H groups in total. The van der Waals surface area contributed by atoms with Gasteiger partial charge in [0.05, 0.1) is 27.7 Å². The highest BCUT2D eigenvalue weighted by Crippen LogP contribution is 2.44. The van der Waals surface area contributed by atoms with Crippen molar-refractivity contribution in [1.82, 2.24) is 20.1 Å². The van der Waals surface area contributed by atoms with Crippen LogP contribution in [-0.4, -0.2) is 95.9 Å². The Morgan fingerprint density at radius 1 is 1.09 bits per heavy atom. The molecule has 0 spiro atoms. The lowest BCUT2D eigenvalue weighted by Gasteiger charge is -2.23. The Morgan fingerprint density at radius 2 is 1.72 bits per heavy atom. The van der Waals surface area contributed by atoms with Crippen molar-refractivity contribution in [2.45, 2.75) is 81.7 Å². The van der Waals surface area contributed by atoms with E-state index in [4.69, 9.17) is 22.1 Å². The number of alkyl halides is 8. The van der Waals surface area contributed by atoms with Gasteiger partial charge in [0, 0.05) is 52.5 Å². The lowest BCUT2D eigenvalue weighted by atomic mass is 9.93. The summed E-state index contributed by atoms with van der Waals surface area (Å²) >= 11 is 7.19. The zero-order valence-electron chi connectivity index (χ0n) is 36.0. The second-order valence-corrected chi connectivity index (χ2v) is 18.5. The van der Waals surface area contributed by atoms with Crippen molar-refractivity contribution in [1.29, 1.82) is 0 Å². The number of hydrogen-bond donors (Lipinski definition) is 3. The number of carbonyl (C=O) groups is 3. The monoisotopic (exact) mass is 1030 g/mol. The highest BCUT2D eigenvalue weighted by atomic mass is 35.5. The molecule has 2 aromatic heterocycles. The highest BCUT2D eigenvalue weighted by Gasteiger charge is 2.48. The van der Waals surface area contributed by atoms with Gasteiger partial charge < -0.3 is 20.9 Å². The van der Waals surface area contributed by atoms with Gasteiger partial charge in [0.25, 0.3) is 5.92 Å². The Kier molecular flexibility index (Phi) is 15.9. The minimum absolute atomic E-state index is 0.131. The Hall–Kier alpha value is -5.87. The van der Waals surface area contributed by atoms with Gasteiger partial charge in [-0.3, -0.25) is 18.7 Å². The number of aliphatic carboxylic acids is 1. The molecule has 5 rings (SSSR count). The molecule has 26 heteroatoms. The summed E-state index contributed by atoms with van der Waals surface area (Å²) in [6.45, 7) is 0.971. The fourth-order valence-electron chi connectivity index (χ4n) is 6.68. The third-order valence-corrected chi connectivity index (χ3v) is 12.6. The Balaban J connectivity index is 1.81. The Bertz CT molecular complexity index is 2790. The fourth-order valence-corrected chi connectivity index (χ4v) is 7.61. The summed E-state index contributed by atoms with van der Waals surface area (Å²) in [5.74, 6) is -4.01. The molecule has 0 aliphatic heterocycles. The van der Waals surface area contributed by atoms with Crippen LogP contribution in [-0.2, 0) is 38.1 Å². The van der Waals surface area contributed by atoms with E-state index in [0.29, 0.717) is 27.0 Å². The zero-order chi connectivity index (χ0) is 50.8. The van der Waals surface area contributed by atoms with Gasteiger partial charge in [-0.25, -0.2) is 23.4 Å². The highest BCUT2D eigenvalue weighted by molar-refractivity contribution is 8.00. The van der Waals surface area contributed by atoms with Crippen LogP contribution in [0.1, 0.15) is 56.6 Å². The summed E-state index contributed by atoms with van der Waals surface area (Å²) in [5, 5.41) is 15.2. The number of aliphatic imine (C=N–C) groups is 1. The number of halogens is 11. The molecule has 4 aromatic rings. The third kappa shape index (κ3) is 12.4. The number of nitrogens with two attached hydrogens (primary N) is 1. The van der Waals surface area contributed by atoms with Crippen molar-refractivity contribution >= 4 is 74.8 Å². The normalized spacial score (nSPS) is 16.7. The van der Waals surface area contributed by atoms with Crippen molar-refractivity contribution < 1.29 is 72.3 Å². The van der Waals surface area contributed by atoms with Crippen LogP contribution < -0.4 is 15.4 Å².